The van der Waals surface area contributed by atoms with E-state index in [1.54, 1.807) is 30.3 Å². The number of halogens is 3. The van der Waals surface area contributed by atoms with Gasteiger partial charge in [-0.25, -0.2) is 4.79 Å². The number of aliphatic imine (C=N–C) groups is 1. The first-order chi connectivity index (χ1) is 14.2. The van der Waals surface area contributed by atoms with Crippen LogP contribution in [0.5, 0.6) is 0 Å². The summed E-state index contributed by atoms with van der Waals surface area (Å²) in [5.74, 6) is -1.21. The van der Waals surface area contributed by atoms with Crippen molar-refractivity contribution in [3.63, 3.8) is 0 Å². The minimum absolute atomic E-state index is 0.0627. The molecular weight excluding hydrogens is 403 g/mol. The molecule has 0 aliphatic carbocycles. The summed E-state index contributed by atoms with van der Waals surface area (Å²) in [6.07, 6.45) is -4.92. The van der Waals surface area contributed by atoms with Crippen molar-refractivity contribution < 1.29 is 27.6 Å². The maximum Gasteiger partial charge on any atom is 0.433 e. The summed E-state index contributed by atoms with van der Waals surface area (Å²) in [7, 11) is 0. The molecule has 10 heteroatoms. The number of hydrogen-bond acceptors (Lipinski definition) is 6. The topological polar surface area (TPSA) is 85.0 Å². The van der Waals surface area contributed by atoms with Crippen molar-refractivity contribution in [3.8, 4) is 0 Å². The van der Waals surface area contributed by atoms with Crippen LogP contribution in [-0.4, -0.2) is 36.1 Å². The molecule has 0 saturated carbocycles. The maximum atomic E-state index is 13.7. The first kappa shape index (κ1) is 21.0. The molecule has 0 amide bonds. The number of nitro benzene ring substituents is 1. The Morgan fingerprint density at radius 1 is 1.20 bits per heavy atom. The minimum atomic E-state index is -4.92. The van der Waals surface area contributed by atoms with E-state index in [1.165, 1.54) is 30.0 Å². The number of carbonyl (C=O) groups is 1. The van der Waals surface area contributed by atoms with Gasteiger partial charge in [0.05, 0.1) is 17.2 Å². The van der Waals surface area contributed by atoms with E-state index in [0.29, 0.717) is 5.69 Å². The van der Waals surface area contributed by atoms with Crippen LogP contribution in [-0.2, 0) is 9.53 Å². The molecule has 1 heterocycles. The number of nitrogens with zero attached hydrogens (tertiary/aromatic N) is 3. The Morgan fingerprint density at radius 3 is 2.50 bits per heavy atom. The molecule has 156 valence electrons. The monoisotopic (exact) mass is 419 g/mol. The van der Waals surface area contributed by atoms with Crippen molar-refractivity contribution in [3.05, 3.63) is 75.8 Å². The van der Waals surface area contributed by atoms with Crippen LogP contribution in [0.1, 0.15) is 12.5 Å². The lowest BCUT2D eigenvalue weighted by molar-refractivity contribution is -0.384. The van der Waals surface area contributed by atoms with Crippen LogP contribution in [0.15, 0.2) is 65.2 Å². The number of carbonyl (C=O) groups excluding carboxylic acids is 1. The van der Waals surface area contributed by atoms with Gasteiger partial charge in [0.25, 0.3) is 5.69 Å². The highest BCUT2D eigenvalue weighted by atomic mass is 19.4. The molecule has 1 aliphatic heterocycles. The van der Waals surface area contributed by atoms with Crippen molar-refractivity contribution in [2.75, 3.05) is 18.2 Å². The Kier molecular flexibility index (Phi) is 5.86. The van der Waals surface area contributed by atoms with Crippen LogP contribution < -0.4 is 4.90 Å². The highest BCUT2D eigenvalue weighted by Gasteiger charge is 2.45. The van der Waals surface area contributed by atoms with Gasteiger partial charge in [-0.15, -0.1) is 0 Å². The predicted octanol–water partition coefficient (Wildman–Crippen LogP) is 4.35. The number of anilines is 1. The molecule has 2 aromatic rings. The van der Waals surface area contributed by atoms with Crippen LogP contribution in [0.25, 0.3) is 5.70 Å². The molecule has 0 unspecified atom stereocenters. The Balaban J connectivity index is 2.33. The van der Waals surface area contributed by atoms with E-state index in [1.807, 2.05) is 0 Å². The molecule has 2 aromatic carbocycles. The van der Waals surface area contributed by atoms with Crippen LogP contribution in [0.3, 0.4) is 0 Å². The highest BCUT2D eigenvalue weighted by Crippen LogP contribution is 2.37. The fourth-order valence-corrected chi connectivity index (χ4v) is 3.05. The van der Waals surface area contributed by atoms with Gasteiger partial charge in [0.2, 0.25) is 0 Å². The van der Waals surface area contributed by atoms with Crippen LogP contribution >= 0.6 is 0 Å². The normalized spacial score (nSPS) is 14.4. The molecule has 3 rings (SSSR count). The predicted molar refractivity (Wildman–Crippen MR) is 104 cm³/mol. The van der Waals surface area contributed by atoms with E-state index in [9.17, 15) is 28.1 Å². The van der Waals surface area contributed by atoms with Crippen molar-refractivity contribution >= 4 is 28.8 Å². The summed E-state index contributed by atoms with van der Waals surface area (Å²) >= 11 is 0. The number of rotatable bonds is 5. The van der Waals surface area contributed by atoms with E-state index in [2.05, 4.69) is 4.99 Å². The zero-order valence-electron chi connectivity index (χ0n) is 15.7. The molecule has 0 bridgehead atoms. The highest BCUT2D eigenvalue weighted by molar-refractivity contribution is 6.28. The number of non-ortho nitro benzene ring substituents is 1. The SMILES string of the molecule is CCOC(=O)C1=C(c2cccc([N+](=O)[O-])c2)N(c2ccccc2)CN=C1C(F)(F)F. The molecule has 0 radical (unpaired) electrons. The van der Waals surface area contributed by atoms with E-state index in [-0.39, 0.29) is 23.6 Å². The standard InChI is InChI=1S/C20H16F3N3O4/c1-2-30-19(27)16-17(13-7-6-10-15(11-13)26(28)29)25(14-8-4-3-5-9-14)12-24-18(16)20(21,22)23/h3-11H,2,12H2,1H3. The van der Waals surface area contributed by atoms with Gasteiger partial charge in [-0.1, -0.05) is 30.3 Å². The van der Waals surface area contributed by atoms with E-state index in [0.717, 1.165) is 6.07 Å². The Hall–Kier alpha value is -3.69. The zero-order valence-corrected chi connectivity index (χ0v) is 15.7. The number of benzene rings is 2. The number of ether oxygens (including phenoxy) is 1. The van der Waals surface area contributed by atoms with Gasteiger partial charge in [-0.3, -0.25) is 15.1 Å². The lowest BCUT2D eigenvalue weighted by atomic mass is 9.98. The van der Waals surface area contributed by atoms with Gasteiger partial charge < -0.3 is 9.64 Å². The summed E-state index contributed by atoms with van der Waals surface area (Å²) in [5, 5.41) is 11.2. The van der Waals surface area contributed by atoms with Crippen LogP contribution in [0, 0.1) is 10.1 Å². The Morgan fingerprint density at radius 2 is 1.90 bits per heavy atom. The minimum Gasteiger partial charge on any atom is -0.462 e. The second-order valence-corrected chi connectivity index (χ2v) is 6.16. The van der Waals surface area contributed by atoms with E-state index in [4.69, 9.17) is 4.74 Å². The Labute approximate surface area is 169 Å². The lowest BCUT2D eigenvalue weighted by Crippen LogP contribution is -2.39. The first-order valence-corrected chi connectivity index (χ1v) is 8.85. The Bertz CT molecular complexity index is 1030. The summed E-state index contributed by atoms with van der Waals surface area (Å²) in [6.45, 7) is 0.883. The number of esters is 1. The number of hydrogen-bond donors (Lipinski definition) is 0. The third-order valence-corrected chi connectivity index (χ3v) is 4.26. The van der Waals surface area contributed by atoms with Crippen molar-refractivity contribution in [1.82, 2.24) is 0 Å². The summed E-state index contributed by atoms with van der Waals surface area (Å²) < 4.78 is 46.0. The van der Waals surface area contributed by atoms with Crippen molar-refractivity contribution in [2.45, 2.75) is 13.1 Å². The smallest absolute Gasteiger partial charge is 0.433 e. The quantitative estimate of drug-likeness (QED) is 0.409. The molecule has 0 aromatic heterocycles. The number of para-hydroxylation sites is 1. The first-order valence-electron chi connectivity index (χ1n) is 8.85. The van der Waals surface area contributed by atoms with Gasteiger partial charge in [-0.2, -0.15) is 13.2 Å². The van der Waals surface area contributed by atoms with Crippen LogP contribution in [0.2, 0.25) is 0 Å². The summed E-state index contributed by atoms with van der Waals surface area (Å²) in [6, 6.07) is 13.4. The van der Waals surface area contributed by atoms with Gasteiger partial charge in [-0.05, 0) is 19.1 Å². The molecule has 0 spiro atoms. The molecule has 0 fully saturated rings. The average Bonchev–Trinajstić information content (AvgIpc) is 2.73. The molecule has 7 nitrogen and oxygen atoms in total. The second-order valence-electron chi connectivity index (χ2n) is 6.16. The van der Waals surface area contributed by atoms with Gasteiger partial charge in [0.1, 0.15) is 12.2 Å². The van der Waals surface area contributed by atoms with Gasteiger partial charge in [0, 0.05) is 23.4 Å². The number of nitro groups is 1. The van der Waals surface area contributed by atoms with Gasteiger partial charge >= 0.3 is 12.1 Å². The molecule has 30 heavy (non-hydrogen) atoms. The van der Waals surface area contributed by atoms with Crippen LogP contribution in [0.4, 0.5) is 24.5 Å². The van der Waals surface area contributed by atoms with E-state index < -0.39 is 35.0 Å². The third kappa shape index (κ3) is 4.17. The lowest BCUT2D eigenvalue weighted by Gasteiger charge is -2.32. The molecule has 0 N–H and O–H groups in total. The number of alkyl halides is 3. The molecule has 0 saturated heterocycles. The largest absolute Gasteiger partial charge is 0.462 e. The average molecular weight is 419 g/mol. The third-order valence-electron chi connectivity index (χ3n) is 4.26. The molecule has 0 atom stereocenters. The maximum absolute atomic E-state index is 13.7. The molecular formula is C20H16F3N3O4. The van der Waals surface area contributed by atoms with Gasteiger partial charge in [0.15, 0.2) is 5.71 Å². The molecule has 1 aliphatic rings. The van der Waals surface area contributed by atoms with Crippen molar-refractivity contribution in [1.29, 1.82) is 0 Å². The van der Waals surface area contributed by atoms with E-state index >= 15 is 0 Å². The zero-order chi connectivity index (χ0) is 21.9. The second kappa shape index (κ2) is 8.36. The fraction of sp³-hybridized carbons (Fsp3) is 0.200. The fourth-order valence-electron chi connectivity index (χ4n) is 3.05. The van der Waals surface area contributed by atoms with Crippen molar-refractivity contribution in [2.24, 2.45) is 4.99 Å². The summed E-state index contributed by atoms with van der Waals surface area (Å²) in [4.78, 5) is 28.1. The summed E-state index contributed by atoms with van der Waals surface area (Å²) in [5.41, 5.74) is -2.13.